The molecule has 0 aliphatic heterocycles. The van der Waals surface area contributed by atoms with Crippen LogP contribution in [0.1, 0.15) is 20.8 Å². The molecule has 0 unspecified atom stereocenters. The maximum Gasteiger partial charge on any atom is 0.225 e. The lowest BCUT2D eigenvalue weighted by atomic mass is 10.4. The van der Waals surface area contributed by atoms with Crippen LogP contribution in [0.25, 0.3) is 0 Å². The molecule has 1 rings (SSSR count). The van der Waals surface area contributed by atoms with Crippen LogP contribution in [0.4, 0.5) is 0 Å². The zero-order valence-electron chi connectivity index (χ0n) is 9.64. The van der Waals surface area contributed by atoms with Crippen LogP contribution in [0.15, 0.2) is 51.4 Å². The van der Waals surface area contributed by atoms with Crippen LogP contribution in [0.5, 0.6) is 0 Å². The summed E-state index contributed by atoms with van der Waals surface area (Å²) in [7, 11) is -3.59. The predicted molar refractivity (Wildman–Crippen MR) is 63.9 cm³/mol. The van der Waals surface area contributed by atoms with Crippen LogP contribution in [0, 0.1) is 5.53 Å². The van der Waals surface area contributed by atoms with Gasteiger partial charge in [-0.3, -0.25) is 0 Å². The number of nitrogens with one attached hydrogen (secondary N) is 1. The number of benzene rings is 1. The largest absolute Gasteiger partial charge is 0.225 e. The summed E-state index contributed by atoms with van der Waals surface area (Å²) in [4.78, 5) is 0.157. The molecule has 1 aromatic rings. The molecule has 0 saturated heterocycles. The average molecular weight is 240 g/mol. The number of rotatable bonds is 3. The standard InChI is InChI=1S/C9H10N2O2S.C2H6/c1-2-9(11-10)14(12,13)8-6-4-3-5-7-8;1-2/h2-7,10H,1H3;1-2H3/b9-2+,11-10?;. The van der Waals surface area contributed by atoms with Crippen molar-refractivity contribution in [3.8, 4) is 0 Å². The van der Waals surface area contributed by atoms with Crippen molar-refractivity contribution in [2.24, 2.45) is 5.11 Å². The van der Waals surface area contributed by atoms with Gasteiger partial charge in [0.2, 0.25) is 9.84 Å². The van der Waals surface area contributed by atoms with Gasteiger partial charge in [0.15, 0.2) is 5.03 Å². The SMILES string of the molecule is C/C=C(\N=N)S(=O)(=O)c1ccccc1.CC. The van der Waals surface area contributed by atoms with Crippen molar-refractivity contribution in [1.82, 2.24) is 0 Å². The van der Waals surface area contributed by atoms with Gasteiger partial charge in [-0.2, -0.15) is 0 Å². The third-order valence-corrected chi connectivity index (χ3v) is 3.46. The van der Waals surface area contributed by atoms with Crippen molar-refractivity contribution in [1.29, 1.82) is 5.53 Å². The van der Waals surface area contributed by atoms with Gasteiger partial charge >= 0.3 is 0 Å². The number of sulfone groups is 1. The van der Waals surface area contributed by atoms with Crippen molar-refractivity contribution in [3.05, 3.63) is 41.4 Å². The molecule has 0 aliphatic rings. The lowest BCUT2D eigenvalue weighted by Crippen LogP contribution is -2.02. The second-order valence-corrected chi connectivity index (χ2v) is 4.45. The van der Waals surface area contributed by atoms with E-state index in [1.165, 1.54) is 25.1 Å². The molecule has 0 spiro atoms. The number of hydrogen-bond acceptors (Lipinski definition) is 4. The Morgan fingerprint density at radius 2 is 1.75 bits per heavy atom. The second kappa shape index (κ2) is 6.90. The lowest BCUT2D eigenvalue weighted by Gasteiger charge is -2.01. The molecule has 0 aliphatic carbocycles. The highest BCUT2D eigenvalue weighted by molar-refractivity contribution is 7.95. The first-order chi connectivity index (χ1) is 7.62. The van der Waals surface area contributed by atoms with Crippen molar-refractivity contribution in [3.63, 3.8) is 0 Å². The second-order valence-electron chi connectivity index (χ2n) is 2.56. The fourth-order valence-corrected chi connectivity index (χ4v) is 2.19. The van der Waals surface area contributed by atoms with E-state index in [4.69, 9.17) is 5.53 Å². The van der Waals surface area contributed by atoms with Gasteiger partial charge < -0.3 is 0 Å². The summed E-state index contributed by atoms with van der Waals surface area (Å²) in [6.45, 7) is 5.54. The molecule has 16 heavy (non-hydrogen) atoms. The Morgan fingerprint density at radius 3 is 2.12 bits per heavy atom. The van der Waals surface area contributed by atoms with Crippen molar-refractivity contribution in [2.45, 2.75) is 25.7 Å². The van der Waals surface area contributed by atoms with Crippen LogP contribution in [-0.2, 0) is 9.84 Å². The molecule has 0 bridgehead atoms. The van der Waals surface area contributed by atoms with E-state index < -0.39 is 9.84 Å². The highest BCUT2D eigenvalue weighted by Crippen LogP contribution is 2.19. The van der Waals surface area contributed by atoms with E-state index in [0.29, 0.717) is 0 Å². The quantitative estimate of drug-likeness (QED) is 0.823. The van der Waals surface area contributed by atoms with Gasteiger partial charge in [0.1, 0.15) is 0 Å². The smallest absolute Gasteiger partial charge is 0.217 e. The summed E-state index contributed by atoms with van der Waals surface area (Å²) in [5, 5.41) is 2.75. The zero-order valence-corrected chi connectivity index (χ0v) is 10.5. The normalized spacial score (nSPS) is 11.3. The minimum atomic E-state index is -3.59. The number of nitrogens with zero attached hydrogens (tertiary/aromatic N) is 1. The third-order valence-electron chi connectivity index (χ3n) is 1.69. The summed E-state index contributed by atoms with van der Waals surface area (Å²) in [5.41, 5.74) is 6.74. The summed E-state index contributed by atoms with van der Waals surface area (Å²) in [5.74, 6) is 0. The molecule has 1 aromatic carbocycles. The Bertz CT molecular complexity index is 450. The van der Waals surface area contributed by atoms with E-state index >= 15 is 0 Å². The van der Waals surface area contributed by atoms with Crippen molar-refractivity contribution < 1.29 is 8.42 Å². The molecule has 0 fully saturated rings. The van der Waals surface area contributed by atoms with Gasteiger partial charge in [-0.05, 0) is 25.1 Å². The van der Waals surface area contributed by atoms with Crippen LogP contribution in [0.3, 0.4) is 0 Å². The van der Waals surface area contributed by atoms with Crippen LogP contribution < -0.4 is 0 Å². The Hall–Kier alpha value is -1.49. The molecule has 4 nitrogen and oxygen atoms in total. The first-order valence-electron chi connectivity index (χ1n) is 4.97. The van der Waals surface area contributed by atoms with E-state index in [0.717, 1.165) is 0 Å². The monoisotopic (exact) mass is 240 g/mol. The summed E-state index contributed by atoms with van der Waals surface area (Å²) in [6.07, 6.45) is 1.30. The van der Waals surface area contributed by atoms with E-state index in [9.17, 15) is 8.42 Å². The van der Waals surface area contributed by atoms with Gasteiger partial charge in [-0.15, -0.1) is 5.11 Å². The molecule has 0 saturated carbocycles. The van der Waals surface area contributed by atoms with Crippen LogP contribution >= 0.6 is 0 Å². The summed E-state index contributed by atoms with van der Waals surface area (Å²) in [6, 6.07) is 7.94. The molecule has 0 amide bonds. The highest BCUT2D eigenvalue weighted by atomic mass is 32.2. The highest BCUT2D eigenvalue weighted by Gasteiger charge is 2.18. The fraction of sp³-hybridized carbons (Fsp3) is 0.273. The van der Waals surface area contributed by atoms with Crippen LogP contribution in [-0.4, -0.2) is 8.42 Å². The molecular weight excluding hydrogens is 224 g/mol. The molecule has 0 atom stereocenters. The summed E-state index contributed by atoms with van der Waals surface area (Å²) < 4.78 is 23.4. The first-order valence-corrected chi connectivity index (χ1v) is 6.45. The maximum atomic E-state index is 11.7. The fourth-order valence-electron chi connectivity index (χ4n) is 1.00. The first kappa shape index (κ1) is 14.5. The van der Waals surface area contributed by atoms with Crippen molar-refractivity contribution >= 4 is 9.84 Å². The van der Waals surface area contributed by atoms with Crippen molar-refractivity contribution in [2.75, 3.05) is 0 Å². The van der Waals surface area contributed by atoms with Gasteiger partial charge in [0.25, 0.3) is 0 Å². The Kier molecular flexibility index (Phi) is 6.25. The molecule has 0 radical (unpaired) electrons. The zero-order chi connectivity index (χ0) is 12.6. The minimum absolute atomic E-state index is 0.157. The third kappa shape index (κ3) is 3.27. The summed E-state index contributed by atoms with van der Waals surface area (Å²) >= 11 is 0. The predicted octanol–water partition coefficient (Wildman–Crippen LogP) is 3.38. The van der Waals surface area contributed by atoms with Gasteiger partial charge in [0, 0.05) is 0 Å². The van der Waals surface area contributed by atoms with E-state index in [-0.39, 0.29) is 9.92 Å². The van der Waals surface area contributed by atoms with E-state index in [1.54, 1.807) is 18.2 Å². The lowest BCUT2D eigenvalue weighted by molar-refractivity contribution is 0.600. The molecule has 0 heterocycles. The topological polar surface area (TPSA) is 70.3 Å². The Balaban J connectivity index is 0.00000106. The Labute approximate surface area is 96.4 Å². The van der Waals surface area contributed by atoms with E-state index in [1.807, 2.05) is 13.8 Å². The molecule has 5 heteroatoms. The van der Waals surface area contributed by atoms with Gasteiger partial charge in [-0.1, -0.05) is 32.0 Å². The molecule has 1 N–H and O–H groups in total. The minimum Gasteiger partial charge on any atom is -0.217 e. The average Bonchev–Trinajstić information content (AvgIpc) is 2.34. The molecular formula is C11H16N2O2S. The van der Waals surface area contributed by atoms with Crippen LogP contribution in [0.2, 0.25) is 0 Å². The molecule has 0 aromatic heterocycles. The van der Waals surface area contributed by atoms with Gasteiger partial charge in [-0.25, -0.2) is 13.9 Å². The number of allylic oxidation sites excluding steroid dienone is 1. The maximum absolute atomic E-state index is 11.7. The Morgan fingerprint density at radius 1 is 1.25 bits per heavy atom. The van der Waals surface area contributed by atoms with Gasteiger partial charge in [0.05, 0.1) is 4.90 Å². The van der Waals surface area contributed by atoms with E-state index in [2.05, 4.69) is 5.11 Å². The molecule has 88 valence electrons. The number of hydrogen-bond donors (Lipinski definition) is 1.